The molecule has 0 bridgehead atoms. The smallest absolute Gasteiger partial charge is 0.125 e. The van der Waals surface area contributed by atoms with Crippen LogP contribution in [0.3, 0.4) is 0 Å². The third-order valence-electron chi connectivity index (χ3n) is 2.98. The van der Waals surface area contributed by atoms with Crippen molar-refractivity contribution >= 4 is 0 Å². The summed E-state index contributed by atoms with van der Waals surface area (Å²) in [5.41, 5.74) is 3.29. The molecule has 0 fully saturated rings. The minimum absolute atomic E-state index is 0.00963. The van der Waals surface area contributed by atoms with Crippen LogP contribution in [0.15, 0.2) is 6.07 Å². The zero-order valence-electron chi connectivity index (χ0n) is 11.0. The van der Waals surface area contributed by atoms with Crippen LogP contribution >= 0.6 is 0 Å². The Morgan fingerprint density at radius 1 is 1.18 bits per heavy atom. The molecule has 0 aliphatic carbocycles. The van der Waals surface area contributed by atoms with Gasteiger partial charge in [-0.2, -0.15) is 0 Å². The van der Waals surface area contributed by atoms with E-state index in [9.17, 15) is 0 Å². The van der Waals surface area contributed by atoms with Crippen molar-refractivity contribution < 1.29 is 14.6 Å². The molecular formula is C13H21NO3. The molecule has 0 amide bonds. The van der Waals surface area contributed by atoms with Crippen LogP contribution in [0.2, 0.25) is 0 Å². The van der Waals surface area contributed by atoms with Crippen LogP contribution in [0.4, 0.5) is 0 Å². The number of aliphatic hydroxyl groups is 1. The lowest BCUT2D eigenvalue weighted by atomic mass is 10.0. The van der Waals surface area contributed by atoms with Gasteiger partial charge in [-0.15, -0.1) is 0 Å². The predicted octanol–water partition coefficient (Wildman–Crippen LogP) is 1.40. The van der Waals surface area contributed by atoms with Gasteiger partial charge in [0.25, 0.3) is 0 Å². The summed E-state index contributed by atoms with van der Waals surface area (Å²) >= 11 is 0. The lowest BCUT2D eigenvalue weighted by Crippen LogP contribution is -2.18. The second-order valence-corrected chi connectivity index (χ2v) is 3.93. The standard InChI is InChI=1S/C13H21NO3/c1-9-10(2)13(17-4)11(5-6-14-8-15)7-12(9)16-3/h7,14-15H,5-6,8H2,1-4H3. The fourth-order valence-electron chi connectivity index (χ4n) is 1.91. The van der Waals surface area contributed by atoms with E-state index in [-0.39, 0.29) is 6.73 Å². The van der Waals surface area contributed by atoms with E-state index in [0.717, 1.165) is 34.6 Å². The Balaban J connectivity index is 3.04. The van der Waals surface area contributed by atoms with Gasteiger partial charge in [-0.25, -0.2) is 0 Å². The molecule has 0 spiro atoms. The minimum Gasteiger partial charge on any atom is -0.496 e. The highest BCUT2D eigenvalue weighted by Crippen LogP contribution is 2.33. The van der Waals surface area contributed by atoms with Gasteiger partial charge < -0.3 is 14.6 Å². The Kier molecular flexibility index (Phi) is 5.25. The van der Waals surface area contributed by atoms with Crippen molar-refractivity contribution in [1.82, 2.24) is 5.32 Å². The van der Waals surface area contributed by atoms with Gasteiger partial charge >= 0.3 is 0 Å². The monoisotopic (exact) mass is 239 g/mol. The highest BCUT2D eigenvalue weighted by molar-refractivity contribution is 5.52. The molecule has 4 nitrogen and oxygen atoms in total. The number of hydrogen-bond donors (Lipinski definition) is 2. The quantitative estimate of drug-likeness (QED) is 0.582. The summed E-state index contributed by atoms with van der Waals surface area (Å²) in [5, 5.41) is 11.6. The zero-order chi connectivity index (χ0) is 12.8. The first-order chi connectivity index (χ1) is 8.15. The average molecular weight is 239 g/mol. The van der Waals surface area contributed by atoms with Crippen LogP contribution in [0.25, 0.3) is 0 Å². The first kappa shape index (κ1) is 13.8. The molecule has 0 aliphatic rings. The molecule has 2 N–H and O–H groups in total. The van der Waals surface area contributed by atoms with Crippen molar-refractivity contribution in [3.05, 3.63) is 22.8 Å². The van der Waals surface area contributed by atoms with Crippen molar-refractivity contribution in [1.29, 1.82) is 0 Å². The van der Waals surface area contributed by atoms with E-state index >= 15 is 0 Å². The van der Waals surface area contributed by atoms with E-state index in [1.54, 1.807) is 14.2 Å². The summed E-state index contributed by atoms with van der Waals surface area (Å²) in [6, 6.07) is 2.00. The van der Waals surface area contributed by atoms with Crippen LogP contribution in [0.5, 0.6) is 11.5 Å². The molecule has 0 aromatic heterocycles. The zero-order valence-corrected chi connectivity index (χ0v) is 11.0. The normalized spacial score (nSPS) is 10.4. The molecule has 1 rings (SSSR count). The lowest BCUT2D eigenvalue weighted by Gasteiger charge is -2.16. The van der Waals surface area contributed by atoms with Crippen molar-refractivity contribution in [2.75, 3.05) is 27.5 Å². The number of hydrogen-bond acceptors (Lipinski definition) is 4. The van der Waals surface area contributed by atoms with Crippen LogP contribution < -0.4 is 14.8 Å². The molecule has 0 heterocycles. The van der Waals surface area contributed by atoms with E-state index in [4.69, 9.17) is 14.6 Å². The Morgan fingerprint density at radius 2 is 1.88 bits per heavy atom. The van der Waals surface area contributed by atoms with Crippen molar-refractivity contribution in [2.45, 2.75) is 20.3 Å². The molecule has 1 aromatic carbocycles. The molecule has 0 saturated heterocycles. The SMILES string of the molecule is COc1cc(CCNCO)c(OC)c(C)c1C. The third-order valence-corrected chi connectivity index (χ3v) is 2.98. The molecule has 4 heteroatoms. The highest BCUT2D eigenvalue weighted by atomic mass is 16.5. The molecule has 96 valence electrons. The van der Waals surface area contributed by atoms with Crippen molar-refractivity contribution in [3.63, 3.8) is 0 Å². The molecule has 17 heavy (non-hydrogen) atoms. The van der Waals surface area contributed by atoms with Crippen molar-refractivity contribution in [3.8, 4) is 11.5 Å². The Morgan fingerprint density at radius 3 is 2.41 bits per heavy atom. The predicted molar refractivity (Wildman–Crippen MR) is 67.8 cm³/mol. The van der Waals surface area contributed by atoms with Crippen LogP contribution in [-0.2, 0) is 6.42 Å². The molecule has 0 saturated carbocycles. The van der Waals surface area contributed by atoms with Crippen LogP contribution in [0.1, 0.15) is 16.7 Å². The highest BCUT2D eigenvalue weighted by Gasteiger charge is 2.13. The summed E-state index contributed by atoms with van der Waals surface area (Å²) < 4.78 is 10.8. The van der Waals surface area contributed by atoms with Crippen LogP contribution in [0, 0.1) is 13.8 Å². The van der Waals surface area contributed by atoms with Gasteiger partial charge in [0.2, 0.25) is 0 Å². The van der Waals surface area contributed by atoms with Gasteiger partial charge in [0.15, 0.2) is 0 Å². The van der Waals surface area contributed by atoms with Crippen LogP contribution in [-0.4, -0.2) is 32.6 Å². The lowest BCUT2D eigenvalue weighted by molar-refractivity contribution is 0.261. The van der Waals surface area contributed by atoms with E-state index < -0.39 is 0 Å². The summed E-state index contributed by atoms with van der Waals surface area (Å²) in [6.45, 7) is 4.74. The molecule has 0 radical (unpaired) electrons. The molecule has 0 unspecified atom stereocenters. The molecular weight excluding hydrogens is 218 g/mol. The Bertz CT molecular complexity index is 377. The van der Waals surface area contributed by atoms with E-state index in [2.05, 4.69) is 5.32 Å². The minimum atomic E-state index is -0.00963. The largest absolute Gasteiger partial charge is 0.496 e. The van der Waals surface area contributed by atoms with E-state index in [0.29, 0.717) is 6.54 Å². The number of ether oxygens (including phenoxy) is 2. The summed E-state index contributed by atoms with van der Waals surface area (Å²) in [6.07, 6.45) is 0.793. The van der Waals surface area contributed by atoms with Gasteiger partial charge in [0.1, 0.15) is 11.5 Å². The maximum Gasteiger partial charge on any atom is 0.125 e. The number of nitrogens with one attached hydrogen (secondary N) is 1. The topological polar surface area (TPSA) is 50.7 Å². The summed E-state index contributed by atoms with van der Waals surface area (Å²) in [4.78, 5) is 0. The second kappa shape index (κ2) is 6.47. The number of rotatable bonds is 6. The number of aliphatic hydroxyl groups excluding tert-OH is 1. The van der Waals surface area contributed by atoms with Gasteiger partial charge in [-0.1, -0.05) is 0 Å². The Hall–Kier alpha value is -1.26. The summed E-state index contributed by atoms with van der Waals surface area (Å²) in [7, 11) is 3.35. The number of benzene rings is 1. The maximum absolute atomic E-state index is 8.70. The fourth-order valence-corrected chi connectivity index (χ4v) is 1.91. The van der Waals surface area contributed by atoms with Gasteiger partial charge in [-0.3, -0.25) is 5.32 Å². The summed E-state index contributed by atoms with van der Waals surface area (Å²) in [5.74, 6) is 1.78. The first-order valence-electron chi connectivity index (χ1n) is 5.68. The van der Waals surface area contributed by atoms with Gasteiger partial charge in [0.05, 0.1) is 21.0 Å². The Labute approximate surface area is 103 Å². The van der Waals surface area contributed by atoms with Crippen molar-refractivity contribution in [2.24, 2.45) is 0 Å². The maximum atomic E-state index is 8.70. The molecule has 0 aliphatic heterocycles. The third kappa shape index (κ3) is 3.11. The van der Waals surface area contributed by atoms with E-state index in [1.807, 2.05) is 19.9 Å². The molecule has 1 aromatic rings. The van der Waals surface area contributed by atoms with E-state index in [1.165, 1.54) is 0 Å². The average Bonchev–Trinajstić information content (AvgIpc) is 2.34. The second-order valence-electron chi connectivity index (χ2n) is 3.93. The van der Waals surface area contributed by atoms with Gasteiger partial charge in [-0.05, 0) is 43.0 Å². The molecule has 0 atom stereocenters. The number of methoxy groups -OCH3 is 2. The first-order valence-corrected chi connectivity index (χ1v) is 5.68. The van der Waals surface area contributed by atoms with Gasteiger partial charge in [0, 0.05) is 6.54 Å². The fraction of sp³-hybridized carbons (Fsp3) is 0.538.